The Morgan fingerprint density at radius 2 is 2.03 bits per heavy atom. The molecule has 2 aromatic rings. The zero-order valence-corrected chi connectivity index (χ0v) is 16.5. The maximum atomic E-state index is 13.1. The molecule has 1 saturated heterocycles. The first kappa shape index (κ1) is 19.7. The SMILES string of the molecule is CN(CC(=O)NCc1ccco1)C(=O)CN1C(=O)N[C@@]2(CCc3ccccc32)C1=O. The lowest BCUT2D eigenvalue weighted by molar-refractivity contribution is -0.140. The molecule has 9 nitrogen and oxygen atoms in total. The molecule has 5 amide bonds. The van der Waals surface area contributed by atoms with E-state index in [0.717, 1.165) is 16.0 Å². The quantitative estimate of drug-likeness (QED) is 0.683. The molecule has 9 heteroatoms. The Hall–Kier alpha value is -3.62. The summed E-state index contributed by atoms with van der Waals surface area (Å²) in [7, 11) is 1.45. The highest BCUT2D eigenvalue weighted by Gasteiger charge is 2.55. The molecule has 1 atom stereocenters. The molecule has 0 bridgehead atoms. The van der Waals surface area contributed by atoms with Gasteiger partial charge in [-0.1, -0.05) is 24.3 Å². The fourth-order valence-electron chi connectivity index (χ4n) is 3.95. The highest BCUT2D eigenvalue weighted by Crippen LogP contribution is 2.41. The Morgan fingerprint density at radius 3 is 2.80 bits per heavy atom. The lowest BCUT2D eigenvalue weighted by Gasteiger charge is -2.23. The second-order valence-corrected chi connectivity index (χ2v) is 7.49. The second-order valence-electron chi connectivity index (χ2n) is 7.49. The first-order valence-electron chi connectivity index (χ1n) is 9.66. The molecule has 1 aromatic heterocycles. The number of carbonyl (C=O) groups excluding carboxylic acids is 4. The van der Waals surface area contributed by atoms with Gasteiger partial charge in [0.25, 0.3) is 5.91 Å². The molecule has 0 radical (unpaired) electrons. The van der Waals surface area contributed by atoms with Gasteiger partial charge >= 0.3 is 6.03 Å². The van der Waals surface area contributed by atoms with Gasteiger partial charge in [-0.15, -0.1) is 0 Å². The second kappa shape index (κ2) is 7.66. The molecule has 1 aromatic carbocycles. The number of rotatable bonds is 6. The number of aryl methyl sites for hydroxylation is 1. The number of likely N-dealkylation sites (N-methyl/N-ethyl adjacent to an activating group) is 1. The van der Waals surface area contributed by atoms with E-state index >= 15 is 0 Å². The van der Waals surface area contributed by atoms with Crippen LogP contribution in [0.1, 0.15) is 23.3 Å². The fraction of sp³-hybridized carbons (Fsp3) is 0.333. The number of carbonyl (C=O) groups is 4. The molecule has 1 aliphatic carbocycles. The predicted molar refractivity (Wildman–Crippen MR) is 105 cm³/mol. The number of hydrogen-bond donors (Lipinski definition) is 2. The van der Waals surface area contributed by atoms with Crippen molar-refractivity contribution < 1.29 is 23.6 Å². The molecule has 1 aliphatic heterocycles. The summed E-state index contributed by atoms with van der Waals surface area (Å²) in [5.41, 5.74) is 0.695. The summed E-state index contributed by atoms with van der Waals surface area (Å²) < 4.78 is 5.14. The maximum Gasteiger partial charge on any atom is 0.325 e. The van der Waals surface area contributed by atoms with E-state index in [0.29, 0.717) is 18.6 Å². The van der Waals surface area contributed by atoms with Gasteiger partial charge in [-0.3, -0.25) is 19.3 Å². The van der Waals surface area contributed by atoms with Crippen LogP contribution < -0.4 is 10.6 Å². The third-order valence-electron chi connectivity index (χ3n) is 5.56. The van der Waals surface area contributed by atoms with Crippen molar-refractivity contribution in [3.05, 3.63) is 59.5 Å². The van der Waals surface area contributed by atoms with Crippen molar-refractivity contribution in [3.8, 4) is 0 Å². The molecule has 0 unspecified atom stereocenters. The van der Waals surface area contributed by atoms with Crippen LogP contribution in [-0.2, 0) is 32.9 Å². The van der Waals surface area contributed by atoms with Crippen molar-refractivity contribution >= 4 is 23.8 Å². The molecule has 2 aliphatic rings. The van der Waals surface area contributed by atoms with Crippen molar-refractivity contribution in [2.24, 2.45) is 0 Å². The molecule has 2 heterocycles. The topological polar surface area (TPSA) is 112 Å². The van der Waals surface area contributed by atoms with Crippen LogP contribution >= 0.6 is 0 Å². The van der Waals surface area contributed by atoms with Crippen LogP contribution in [0.3, 0.4) is 0 Å². The van der Waals surface area contributed by atoms with E-state index in [1.165, 1.54) is 18.2 Å². The fourth-order valence-corrected chi connectivity index (χ4v) is 3.95. The number of urea groups is 1. The summed E-state index contributed by atoms with van der Waals surface area (Å²) in [6, 6.07) is 10.3. The van der Waals surface area contributed by atoms with Crippen LogP contribution in [0, 0.1) is 0 Å². The van der Waals surface area contributed by atoms with Gasteiger partial charge in [-0.2, -0.15) is 0 Å². The number of hydrogen-bond acceptors (Lipinski definition) is 5. The Labute approximate surface area is 173 Å². The minimum atomic E-state index is -1.10. The van der Waals surface area contributed by atoms with Crippen LogP contribution in [-0.4, -0.2) is 53.7 Å². The van der Waals surface area contributed by atoms with Gasteiger partial charge in [0.2, 0.25) is 11.8 Å². The van der Waals surface area contributed by atoms with E-state index in [1.54, 1.807) is 12.1 Å². The number of benzene rings is 1. The molecule has 1 spiro atoms. The van der Waals surface area contributed by atoms with Crippen molar-refractivity contribution in [2.45, 2.75) is 24.9 Å². The van der Waals surface area contributed by atoms with Crippen molar-refractivity contribution in [1.82, 2.24) is 20.4 Å². The van der Waals surface area contributed by atoms with Crippen molar-refractivity contribution in [2.75, 3.05) is 20.1 Å². The average molecular weight is 410 g/mol. The molecule has 2 N–H and O–H groups in total. The van der Waals surface area contributed by atoms with Crippen LogP contribution in [0.25, 0.3) is 0 Å². The summed E-state index contributed by atoms with van der Waals surface area (Å²) in [5, 5.41) is 5.43. The Balaban J connectivity index is 1.37. The van der Waals surface area contributed by atoms with E-state index in [2.05, 4.69) is 10.6 Å². The number of nitrogens with zero attached hydrogens (tertiary/aromatic N) is 2. The normalized spacial score (nSPS) is 19.7. The predicted octanol–water partition coefficient (Wildman–Crippen LogP) is 0.748. The number of imide groups is 1. The average Bonchev–Trinajstić information content (AvgIpc) is 3.43. The minimum Gasteiger partial charge on any atom is -0.467 e. The molecule has 4 rings (SSSR count). The minimum absolute atomic E-state index is 0.197. The van der Waals surface area contributed by atoms with Gasteiger partial charge < -0.3 is 20.0 Å². The van der Waals surface area contributed by atoms with Gasteiger partial charge in [0.05, 0.1) is 19.4 Å². The lowest BCUT2D eigenvalue weighted by atomic mass is 9.92. The third kappa shape index (κ3) is 3.42. The number of amides is 5. The monoisotopic (exact) mass is 410 g/mol. The summed E-state index contributed by atoms with van der Waals surface area (Å²) in [6.45, 7) is -0.406. The highest BCUT2D eigenvalue weighted by molar-refractivity contribution is 6.10. The molecule has 0 saturated carbocycles. The van der Waals surface area contributed by atoms with Gasteiger partial charge in [0.15, 0.2) is 0 Å². The Bertz CT molecular complexity index is 1000. The molecular formula is C21H22N4O5. The zero-order valence-electron chi connectivity index (χ0n) is 16.5. The Morgan fingerprint density at radius 1 is 1.23 bits per heavy atom. The van der Waals surface area contributed by atoms with Crippen LogP contribution in [0.2, 0.25) is 0 Å². The smallest absolute Gasteiger partial charge is 0.325 e. The van der Waals surface area contributed by atoms with E-state index in [-0.39, 0.29) is 19.0 Å². The molecule has 30 heavy (non-hydrogen) atoms. The lowest BCUT2D eigenvalue weighted by Crippen LogP contribution is -2.46. The van der Waals surface area contributed by atoms with Crippen molar-refractivity contribution in [3.63, 3.8) is 0 Å². The summed E-state index contributed by atoms with van der Waals surface area (Å²) >= 11 is 0. The number of furan rings is 1. The van der Waals surface area contributed by atoms with E-state index in [9.17, 15) is 19.2 Å². The largest absolute Gasteiger partial charge is 0.467 e. The van der Waals surface area contributed by atoms with Gasteiger partial charge in [-0.25, -0.2) is 4.79 Å². The molecule has 156 valence electrons. The summed E-state index contributed by atoms with van der Waals surface area (Å²) in [6.07, 6.45) is 2.65. The Kier molecular flexibility index (Phi) is 5.03. The van der Waals surface area contributed by atoms with Crippen LogP contribution in [0.15, 0.2) is 47.1 Å². The van der Waals surface area contributed by atoms with E-state index < -0.39 is 29.9 Å². The number of fused-ring (bicyclic) bond motifs is 2. The summed E-state index contributed by atoms with van der Waals surface area (Å²) in [5.74, 6) is -0.712. The third-order valence-corrected chi connectivity index (χ3v) is 5.56. The summed E-state index contributed by atoms with van der Waals surface area (Å²) in [4.78, 5) is 52.3. The van der Waals surface area contributed by atoms with E-state index in [1.807, 2.05) is 24.3 Å². The standard InChI is InChI=1S/C21H22N4O5/c1-24(12-17(26)22-11-15-6-4-10-30-15)18(27)13-25-19(28)21(23-20(25)29)9-8-14-5-2-3-7-16(14)21/h2-7,10H,8-9,11-13H2,1H3,(H,22,26)(H,23,29)/t21-/m1/s1. The van der Waals surface area contributed by atoms with Gasteiger partial charge in [-0.05, 0) is 36.1 Å². The maximum absolute atomic E-state index is 13.1. The van der Waals surface area contributed by atoms with Crippen molar-refractivity contribution in [1.29, 1.82) is 0 Å². The molecular weight excluding hydrogens is 388 g/mol. The van der Waals surface area contributed by atoms with Gasteiger partial charge in [0.1, 0.15) is 17.8 Å². The van der Waals surface area contributed by atoms with Crippen LogP contribution in [0.4, 0.5) is 4.79 Å². The highest BCUT2D eigenvalue weighted by atomic mass is 16.3. The van der Waals surface area contributed by atoms with Gasteiger partial charge in [0, 0.05) is 7.05 Å². The zero-order chi connectivity index (χ0) is 21.3. The van der Waals surface area contributed by atoms with E-state index in [4.69, 9.17) is 4.42 Å². The van der Waals surface area contributed by atoms with Crippen LogP contribution in [0.5, 0.6) is 0 Å². The first-order chi connectivity index (χ1) is 14.4. The number of nitrogens with one attached hydrogen (secondary N) is 2. The molecule has 1 fully saturated rings. The first-order valence-corrected chi connectivity index (χ1v) is 9.66.